The molecule has 2 N–H and O–H groups in total. The number of aryl methyl sites for hydroxylation is 1. The zero-order chi connectivity index (χ0) is 15.1. The smallest absolute Gasteiger partial charge is 0.191 e. The monoisotopic (exact) mass is 416 g/mol. The molecule has 0 saturated heterocycles. The zero-order valence-corrected chi connectivity index (χ0v) is 15.2. The van der Waals surface area contributed by atoms with Crippen molar-refractivity contribution in [2.45, 2.75) is 20.0 Å². The van der Waals surface area contributed by atoms with Crippen LogP contribution in [0.15, 0.2) is 47.7 Å². The molecular formula is C16H22FIN4. The number of nitrogens with one attached hydrogen (secondary N) is 2. The van der Waals surface area contributed by atoms with Gasteiger partial charge in [-0.05, 0) is 24.6 Å². The van der Waals surface area contributed by atoms with Gasteiger partial charge in [0.1, 0.15) is 5.82 Å². The molecule has 1 heterocycles. The van der Waals surface area contributed by atoms with Crippen LogP contribution in [-0.4, -0.2) is 17.1 Å². The summed E-state index contributed by atoms with van der Waals surface area (Å²) in [5.74, 6) is 0.480. The summed E-state index contributed by atoms with van der Waals surface area (Å²) in [6.07, 6.45) is 4.02. The number of nitrogens with zero attached hydrogens (tertiary/aromatic N) is 2. The van der Waals surface area contributed by atoms with E-state index in [1.807, 2.05) is 43.1 Å². The molecule has 4 nitrogen and oxygen atoms in total. The van der Waals surface area contributed by atoms with E-state index in [0.717, 1.165) is 12.1 Å². The lowest BCUT2D eigenvalue weighted by Crippen LogP contribution is -2.37. The van der Waals surface area contributed by atoms with Crippen molar-refractivity contribution >= 4 is 29.9 Å². The lowest BCUT2D eigenvalue weighted by atomic mass is 10.2. The fourth-order valence-corrected chi connectivity index (χ4v) is 1.99. The van der Waals surface area contributed by atoms with E-state index in [2.05, 4.69) is 15.6 Å². The zero-order valence-electron chi connectivity index (χ0n) is 12.8. The predicted molar refractivity (Wildman–Crippen MR) is 98.9 cm³/mol. The second-order valence-electron chi connectivity index (χ2n) is 4.83. The van der Waals surface area contributed by atoms with Gasteiger partial charge in [0.05, 0.1) is 6.54 Å². The second kappa shape index (κ2) is 9.45. The summed E-state index contributed by atoms with van der Waals surface area (Å²) in [6, 6.07) is 8.78. The number of hydrogen-bond donors (Lipinski definition) is 2. The van der Waals surface area contributed by atoms with Crippen LogP contribution in [0.2, 0.25) is 0 Å². The average molecular weight is 416 g/mol. The Morgan fingerprint density at radius 2 is 2.00 bits per heavy atom. The van der Waals surface area contributed by atoms with Gasteiger partial charge in [-0.15, -0.1) is 24.0 Å². The van der Waals surface area contributed by atoms with Crippen LogP contribution in [0.5, 0.6) is 0 Å². The van der Waals surface area contributed by atoms with Gasteiger partial charge in [-0.1, -0.05) is 18.2 Å². The first-order valence-corrected chi connectivity index (χ1v) is 7.05. The molecule has 0 spiro atoms. The number of aliphatic imine (C=N–C) groups is 1. The Morgan fingerprint density at radius 3 is 2.64 bits per heavy atom. The summed E-state index contributed by atoms with van der Waals surface area (Å²) in [5, 5.41) is 6.31. The Labute approximate surface area is 147 Å². The minimum atomic E-state index is -0.205. The van der Waals surface area contributed by atoms with Gasteiger partial charge in [0.25, 0.3) is 0 Å². The van der Waals surface area contributed by atoms with Crippen LogP contribution in [0.1, 0.15) is 18.1 Å². The summed E-state index contributed by atoms with van der Waals surface area (Å²) in [5.41, 5.74) is 1.77. The summed E-state index contributed by atoms with van der Waals surface area (Å²) in [4.78, 5) is 4.50. The molecule has 0 aliphatic heterocycles. The highest BCUT2D eigenvalue weighted by atomic mass is 127. The molecule has 2 aromatic rings. The van der Waals surface area contributed by atoms with Gasteiger partial charge >= 0.3 is 0 Å². The maximum atomic E-state index is 13.6. The third kappa shape index (κ3) is 5.67. The van der Waals surface area contributed by atoms with Gasteiger partial charge in [-0.25, -0.2) is 9.38 Å². The van der Waals surface area contributed by atoms with Crippen molar-refractivity contribution in [3.8, 4) is 0 Å². The molecule has 6 heteroatoms. The van der Waals surface area contributed by atoms with Crippen LogP contribution in [0.25, 0.3) is 0 Å². The first-order valence-electron chi connectivity index (χ1n) is 7.05. The molecule has 1 aromatic heterocycles. The van der Waals surface area contributed by atoms with E-state index in [9.17, 15) is 4.39 Å². The lowest BCUT2D eigenvalue weighted by molar-refractivity contribution is 0.604. The normalized spacial score (nSPS) is 11.0. The van der Waals surface area contributed by atoms with Gasteiger partial charge in [0.2, 0.25) is 0 Å². The summed E-state index contributed by atoms with van der Waals surface area (Å²) < 4.78 is 15.6. The van der Waals surface area contributed by atoms with Crippen molar-refractivity contribution in [2.24, 2.45) is 12.0 Å². The molecule has 0 fully saturated rings. The minimum Gasteiger partial charge on any atom is -0.357 e. The van der Waals surface area contributed by atoms with Crippen LogP contribution >= 0.6 is 24.0 Å². The molecule has 0 aliphatic carbocycles. The van der Waals surface area contributed by atoms with Crippen molar-refractivity contribution in [3.63, 3.8) is 0 Å². The minimum absolute atomic E-state index is 0. The SMILES string of the molecule is CCNC(=NCc1ccn(C)c1)NCc1ccccc1F.I. The number of aromatic nitrogens is 1. The molecule has 0 unspecified atom stereocenters. The number of rotatable bonds is 5. The fourth-order valence-electron chi connectivity index (χ4n) is 1.99. The van der Waals surface area contributed by atoms with Crippen LogP contribution in [0, 0.1) is 5.82 Å². The number of guanidine groups is 1. The van der Waals surface area contributed by atoms with Gasteiger partial charge in [0, 0.05) is 38.1 Å². The van der Waals surface area contributed by atoms with Gasteiger partial charge < -0.3 is 15.2 Å². The van der Waals surface area contributed by atoms with Crippen LogP contribution < -0.4 is 10.6 Å². The van der Waals surface area contributed by atoms with Gasteiger partial charge in [-0.3, -0.25) is 0 Å². The third-order valence-electron chi connectivity index (χ3n) is 3.06. The van der Waals surface area contributed by atoms with Gasteiger partial charge in [0.15, 0.2) is 5.96 Å². The molecule has 0 atom stereocenters. The standard InChI is InChI=1S/C16H21FN4.HI/c1-3-18-16(19-10-13-8-9-21(2)12-13)20-11-14-6-4-5-7-15(14)17;/h4-9,12H,3,10-11H2,1-2H3,(H2,18,19,20);1H. The summed E-state index contributed by atoms with van der Waals surface area (Å²) in [7, 11) is 1.98. The Bertz CT molecular complexity index is 610. The van der Waals surface area contributed by atoms with E-state index in [-0.39, 0.29) is 29.8 Å². The highest BCUT2D eigenvalue weighted by molar-refractivity contribution is 14.0. The Kier molecular flexibility index (Phi) is 7.94. The van der Waals surface area contributed by atoms with Crippen molar-refractivity contribution in [1.82, 2.24) is 15.2 Å². The molecular weight excluding hydrogens is 394 g/mol. The van der Waals surface area contributed by atoms with Crippen molar-refractivity contribution in [2.75, 3.05) is 6.54 Å². The molecule has 2 rings (SSSR count). The molecule has 0 saturated carbocycles. The second-order valence-corrected chi connectivity index (χ2v) is 4.83. The largest absolute Gasteiger partial charge is 0.357 e. The quantitative estimate of drug-likeness (QED) is 0.447. The van der Waals surface area contributed by atoms with E-state index in [1.54, 1.807) is 12.1 Å². The third-order valence-corrected chi connectivity index (χ3v) is 3.06. The lowest BCUT2D eigenvalue weighted by Gasteiger charge is -2.11. The van der Waals surface area contributed by atoms with E-state index < -0.39 is 0 Å². The van der Waals surface area contributed by atoms with E-state index in [0.29, 0.717) is 24.6 Å². The maximum absolute atomic E-state index is 13.6. The summed E-state index contributed by atoms with van der Waals surface area (Å²) >= 11 is 0. The Balaban J connectivity index is 0.00000242. The van der Waals surface area contributed by atoms with Gasteiger partial charge in [-0.2, -0.15) is 0 Å². The van der Waals surface area contributed by atoms with Crippen LogP contribution in [-0.2, 0) is 20.1 Å². The molecule has 120 valence electrons. The first-order chi connectivity index (χ1) is 10.2. The summed E-state index contributed by atoms with van der Waals surface area (Å²) in [6.45, 7) is 3.77. The Hall–Kier alpha value is -1.57. The molecule has 0 amide bonds. The maximum Gasteiger partial charge on any atom is 0.191 e. The van der Waals surface area contributed by atoms with E-state index in [1.165, 1.54) is 6.07 Å². The van der Waals surface area contributed by atoms with Crippen molar-refractivity contribution < 1.29 is 4.39 Å². The van der Waals surface area contributed by atoms with Crippen molar-refractivity contribution in [1.29, 1.82) is 0 Å². The topological polar surface area (TPSA) is 41.4 Å². The molecule has 1 aromatic carbocycles. The Morgan fingerprint density at radius 1 is 1.23 bits per heavy atom. The van der Waals surface area contributed by atoms with Crippen LogP contribution in [0.4, 0.5) is 4.39 Å². The highest BCUT2D eigenvalue weighted by Crippen LogP contribution is 2.05. The molecule has 0 radical (unpaired) electrons. The van der Waals surface area contributed by atoms with Crippen molar-refractivity contribution in [3.05, 3.63) is 59.7 Å². The first kappa shape index (κ1) is 18.5. The van der Waals surface area contributed by atoms with E-state index in [4.69, 9.17) is 0 Å². The predicted octanol–water partition coefficient (Wildman–Crippen LogP) is 3.04. The number of hydrogen-bond acceptors (Lipinski definition) is 1. The number of benzene rings is 1. The van der Waals surface area contributed by atoms with Crippen LogP contribution in [0.3, 0.4) is 0 Å². The molecule has 22 heavy (non-hydrogen) atoms. The number of halogens is 2. The highest BCUT2D eigenvalue weighted by Gasteiger charge is 2.02. The average Bonchev–Trinajstić information content (AvgIpc) is 2.89. The molecule has 0 bridgehead atoms. The fraction of sp³-hybridized carbons (Fsp3) is 0.312. The van der Waals surface area contributed by atoms with E-state index >= 15 is 0 Å². The molecule has 0 aliphatic rings.